The third-order valence-corrected chi connectivity index (χ3v) is 1.73. The fourth-order valence-corrected chi connectivity index (χ4v) is 1.08. The van der Waals surface area contributed by atoms with Crippen LogP contribution in [0.25, 0.3) is 0 Å². The summed E-state index contributed by atoms with van der Waals surface area (Å²) in [5.41, 5.74) is 5.18. The van der Waals surface area contributed by atoms with Gasteiger partial charge in [-0.2, -0.15) is 0 Å². The molecule has 6 heteroatoms. The SMILES string of the molecule is COCC(C)Nc1ccc(C(N)=O)nn1. The number of carbonyl (C=O) groups is 1. The monoisotopic (exact) mass is 210 g/mol. The van der Waals surface area contributed by atoms with Crippen molar-refractivity contribution in [2.45, 2.75) is 13.0 Å². The summed E-state index contributed by atoms with van der Waals surface area (Å²) in [6.45, 7) is 2.52. The molecule has 1 aromatic rings. The molecule has 0 radical (unpaired) electrons. The molecule has 1 atom stereocenters. The first-order chi connectivity index (χ1) is 7.13. The highest BCUT2D eigenvalue weighted by molar-refractivity contribution is 5.90. The van der Waals surface area contributed by atoms with Crippen LogP contribution in [0.5, 0.6) is 0 Å². The number of anilines is 1. The van der Waals surface area contributed by atoms with Crippen LogP contribution in [0.1, 0.15) is 17.4 Å². The van der Waals surface area contributed by atoms with E-state index in [4.69, 9.17) is 10.5 Å². The van der Waals surface area contributed by atoms with Gasteiger partial charge < -0.3 is 15.8 Å². The second-order valence-corrected chi connectivity index (χ2v) is 3.17. The number of hydrogen-bond donors (Lipinski definition) is 2. The van der Waals surface area contributed by atoms with Crippen LogP contribution < -0.4 is 11.1 Å². The topological polar surface area (TPSA) is 90.1 Å². The molecule has 0 aliphatic heterocycles. The summed E-state index contributed by atoms with van der Waals surface area (Å²) >= 11 is 0. The number of nitrogens with one attached hydrogen (secondary N) is 1. The molecule has 1 amide bonds. The van der Waals surface area contributed by atoms with Gasteiger partial charge in [0.15, 0.2) is 5.69 Å². The van der Waals surface area contributed by atoms with Crippen molar-refractivity contribution in [1.82, 2.24) is 10.2 Å². The zero-order valence-electron chi connectivity index (χ0n) is 8.73. The first-order valence-electron chi connectivity index (χ1n) is 4.52. The Morgan fingerprint density at radius 1 is 1.60 bits per heavy atom. The Bertz CT molecular complexity index is 325. The van der Waals surface area contributed by atoms with Gasteiger partial charge in [0.25, 0.3) is 5.91 Å². The first-order valence-corrected chi connectivity index (χ1v) is 4.52. The number of carbonyl (C=O) groups excluding carboxylic acids is 1. The van der Waals surface area contributed by atoms with Gasteiger partial charge in [-0.05, 0) is 19.1 Å². The highest BCUT2D eigenvalue weighted by atomic mass is 16.5. The molecule has 0 aliphatic carbocycles. The van der Waals surface area contributed by atoms with Crippen LogP contribution in [0.3, 0.4) is 0 Å². The average molecular weight is 210 g/mol. The molecule has 0 saturated heterocycles. The molecule has 0 spiro atoms. The summed E-state index contributed by atoms with van der Waals surface area (Å²) in [5.74, 6) is 0.00328. The number of primary amides is 1. The van der Waals surface area contributed by atoms with Gasteiger partial charge in [-0.3, -0.25) is 4.79 Å². The van der Waals surface area contributed by atoms with E-state index in [1.54, 1.807) is 13.2 Å². The smallest absolute Gasteiger partial charge is 0.269 e. The van der Waals surface area contributed by atoms with Crippen molar-refractivity contribution in [2.75, 3.05) is 19.0 Å². The Morgan fingerprint density at radius 2 is 2.33 bits per heavy atom. The summed E-state index contributed by atoms with van der Waals surface area (Å²) in [7, 11) is 1.63. The zero-order chi connectivity index (χ0) is 11.3. The molecule has 3 N–H and O–H groups in total. The van der Waals surface area contributed by atoms with Crippen molar-refractivity contribution >= 4 is 11.7 Å². The van der Waals surface area contributed by atoms with Crippen LogP contribution in [0.4, 0.5) is 5.82 Å². The molecular formula is C9H14N4O2. The maximum atomic E-state index is 10.7. The highest BCUT2D eigenvalue weighted by Gasteiger charge is 2.05. The molecule has 1 aromatic heterocycles. The molecule has 1 unspecified atom stereocenters. The van der Waals surface area contributed by atoms with Gasteiger partial charge in [0.2, 0.25) is 0 Å². The lowest BCUT2D eigenvalue weighted by atomic mass is 10.3. The van der Waals surface area contributed by atoms with Crippen molar-refractivity contribution in [1.29, 1.82) is 0 Å². The summed E-state index contributed by atoms with van der Waals surface area (Å²) in [6.07, 6.45) is 0. The van der Waals surface area contributed by atoms with Gasteiger partial charge in [0.1, 0.15) is 5.82 Å². The Kier molecular flexibility index (Phi) is 3.99. The first kappa shape index (κ1) is 11.4. The second kappa shape index (κ2) is 5.26. The van der Waals surface area contributed by atoms with Crippen LogP contribution in [-0.4, -0.2) is 35.9 Å². The molecule has 0 fully saturated rings. The summed E-state index contributed by atoms with van der Waals surface area (Å²) in [6, 6.07) is 3.31. The van der Waals surface area contributed by atoms with E-state index in [-0.39, 0.29) is 11.7 Å². The van der Waals surface area contributed by atoms with Crippen molar-refractivity contribution in [3.63, 3.8) is 0 Å². The quantitative estimate of drug-likeness (QED) is 0.715. The van der Waals surface area contributed by atoms with E-state index in [1.807, 2.05) is 6.92 Å². The number of methoxy groups -OCH3 is 1. The van der Waals surface area contributed by atoms with Crippen molar-refractivity contribution in [3.05, 3.63) is 17.8 Å². The Balaban J connectivity index is 2.60. The standard InChI is InChI=1S/C9H14N4O2/c1-6(5-15-2)11-8-4-3-7(9(10)14)12-13-8/h3-4,6H,5H2,1-2H3,(H2,10,14)(H,11,13). The molecule has 1 heterocycles. The number of nitrogens with two attached hydrogens (primary N) is 1. The van der Waals surface area contributed by atoms with Crippen LogP contribution in [0, 0.1) is 0 Å². The van der Waals surface area contributed by atoms with Gasteiger partial charge in [0.05, 0.1) is 6.61 Å². The zero-order valence-corrected chi connectivity index (χ0v) is 8.73. The van der Waals surface area contributed by atoms with Crippen molar-refractivity contribution < 1.29 is 9.53 Å². The lowest BCUT2D eigenvalue weighted by molar-refractivity contribution is 0.0994. The lowest BCUT2D eigenvalue weighted by Crippen LogP contribution is -2.22. The van der Waals surface area contributed by atoms with E-state index < -0.39 is 5.91 Å². The fraction of sp³-hybridized carbons (Fsp3) is 0.444. The van der Waals surface area contributed by atoms with Crippen LogP contribution in [-0.2, 0) is 4.74 Å². The van der Waals surface area contributed by atoms with Crippen LogP contribution in [0.15, 0.2) is 12.1 Å². The largest absolute Gasteiger partial charge is 0.383 e. The molecule has 82 valence electrons. The van der Waals surface area contributed by atoms with Gasteiger partial charge in [-0.1, -0.05) is 0 Å². The fourth-order valence-electron chi connectivity index (χ4n) is 1.08. The Morgan fingerprint density at radius 3 is 2.80 bits per heavy atom. The number of rotatable bonds is 5. The minimum atomic E-state index is -0.584. The molecule has 15 heavy (non-hydrogen) atoms. The predicted molar refractivity (Wildman–Crippen MR) is 55.5 cm³/mol. The van der Waals surface area contributed by atoms with Crippen molar-refractivity contribution in [2.24, 2.45) is 5.73 Å². The molecule has 0 aliphatic rings. The van der Waals surface area contributed by atoms with E-state index in [1.165, 1.54) is 6.07 Å². The summed E-state index contributed by atoms with van der Waals surface area (Å²) in [5, 5.41) is 10.5. The average Bonchev–Trinajstić information content (AvgIpc) is 2.18. The number of nitrogens with zero attached hydrogens (tertiary/aromatic N) is 2. The number of ether oxygens (including phenoxy) is 1. The van der Waals surface area contributed by atoms with Crippen molar-refractivity contribution in [3.8, 4) is 0 Å². The van der Waals surface area contributed by atoms with Crippen LogP contribution >= 0.6 is 0 Å². The Labute approximate surface area is 87.8 Å². The van der Waals surface area contributed by atoms with Gasteiger partial charge in [-0.25, -0.2) is 0 Å². The van der Waals surface area contributed by atoms with E-state index in [2.05, 4.69) is 15.5 Å². The van der Waals surface area contributed by atoms with Gasteiger partial charge in [-0.15, -0.1) is 10.2 Å². The molecule has 1 rings (SSSR count). The molecule has 0 saturated carbocycles. The second-order valence-electron chi connectivity index (χ2n) is 3.17. The lowest BCUT2D eigenvalue weighted by Gasteiger charge is -2.12. The van der Waals surface area contributed by atoms with E-state index >= 15 is 0 Å². The maximum Gasteiger partial charge on any atom is 0.269 e. The predicted octanol–water partition coefficient (Wildman–Crippen LogP) is 0.0223. The summed E-state index contributed by atoms with van der Waals surface area (Å²) < 4.78 is 4.95. The van der Waals surface area contributed by atoms with E-state index in [0.29, 0.717) is 12.4 Å². The van der Waals surface area contributed by atoms with E-state index in [0.717, 1.165) is 0 Å². The minimum Gasteiger partial charge on any atom is -0.383 e. The number of hydrogen-bond acceptors (Lipinski definition) is 5. The third-order valence-electron chi connectivity index (χ3n) is 1.73. The maximum absolute atomic E-state index is 10.7. The number of aromatic nitrogens is 2. The summed E-state index contributed by atoms with van der Waals surface area (Å²) in [4.78, 5) is 10.7. The highest BCUT2D eigenvalue weighted by Crippen LogP contribution is 2.03. The van der Waals surface area contributed by atoms with E-state index in [9.17, 15) is 4.79 Å². The Hall–Kier alpha value is -1.69. The number of amides is 1. The molecule has 0 aromatic carbocycles. The van der Waals surface area contributed by atoms with Gasteiger partial charge in [0, 0.05) is 13.2 Å². The molecule has 6 nitrogen and oxygen atoms in total. The van der Waals surface area contributed by atoms with Gasteiger partial charge >= 0.3 is 0 Å². The molecular weight excluding hydrogens is 196 g/mol. The van der Waals surface area contributed by atoms with Crippen LogP contribution in [0.2, 0.25) is 0 Å². The third kappa shape index (κ3) is 3.51. The normalized spacial score (nSPS) is 12.1. The minimum absolute atomic E-state index is 0.128. The molecule has 0 bridgehead atoms.